The van der Waals surface area contributed by atoms with Gasteiger partial charge in [0.05, 0.1) is 4.92 Å². The zero-order valence-corrected chi connectivity index (χ0v) is 16.0. The van der Waals surface area contributed by atoms with Crippen LogP contribution in [-0.4, -0.2) is 39.9 Å². The van der Waals surface area contributed by atoms with Crippen molar-refractivity contribution in [3.8, 4) is 0 Å². The number of nitro groups is 1. The number of carbonyl (C=O) groups excluding carboxylic acids is 2. The fraction of sp³-hybridized carbons (Fsp3) is 0.421. The molecule has 1 N–H and O–H groups in total. The van der Waals surface area contributed by atoms with Crippen molar-refractivity contribution in [2.75, 3.05) is 18.4 Å². The average molecular weight is 388 g/mol. The molecule has 0 aliphatic carbocycles. The molecule has 9 heteroatoms. The number of benzene rings is 1. The summed E-state index contributed by atoms with van der Waals surface area (Å²) in [7, 11) is 0. The number of nitro benzene ring substituents is 1. The number of hydrogen-bond acceptors (Lipinski definition) is 6. The SMILES string of the molecule is CCCCCCN(CC(=O)Nc1cc(C)on1)C(=O)c1cccc([N+](=O)[O-])c1. The van der Waals surface area contributed by atoms with Crippen LogP contribution in [0.25, 0.3) is 0 Å². The van der Waals surface area contributed by atoms with Crippen molar-refractivity contribution in [2.24, 2.45) is 0 Å². The summed E-state index contributed by atoms with van der Waals surface area (Å²) in [6, 6.07) is 7.08. The first kappa shape index (κ1) is 21.1. The van der Waals surface area contributed by atoms with Gasteiger partial charge in [-0.05, 0) is 19.4 Å². The fourth-order valence-corrected chi connectivity index (χ4v) is 2.70. The molecule has 0 saturated carbocycles. The van der Waals surface area contributed by atoms with Crippen LogP contribution in [0.5, 0.6) is 0 Å². The number of carbonyl (C=O) groups is 2. The molecule has 0 bridgehead atoms. The van der Waals surface area contributed by atoms with E-state index < -0.39 is 16.7 Å². The second kappa shape index (κ2) is 10.2. The Bertz CT molecular complexity index is 833. The van der Waals surface area contributed by atoms with E-state index in [0.29, 0.717) is 12.3 Å². The van der Waals surface area contributed by atoms with Gasteiger partial charge in [-0.1, -0.05) is 37.4 Å². The average Bonchev–Trinajstić information content (AvgIpc) is 3.08. The van der Waals surface area contributed by atoms with Gasteiger partial charge < -0.3 is 14.7 Å². The van der Waals surface area contributed by atoms with Gasteiger partial charge in [-0.2, -0.15) is 0 Å². The van der Waals surface area contributed by atoms with Gasteiger partial charge in [0, 0.05) is 30.3 Å². The third-order valence-electron chi connectivity index (χ3n) is 4.10. The maximum absolute atomic E-state index is 12.9. The van der Waals surface area contributed by atoms with Crippen molar-refractivity contribution in [1.29, 1.82) is 0 Å². The summed E-state index contributed by atoms with van der Waals surface area (Å²) in [5.41, 5.74) is 0.00841. The Hall–Kier alpha value is -3.23. The van der Waals surface area contributed by atoms with Gasteiger partial charge in [-0.15, -0.1) is 0 Å². The zero-order chi connectivity index (χ0) is 20.5. The molecule has 0 unspecified atom stereocenters. The van der Waals surface area contributed by atoms with Crippen molar-refractivity contribution in [3.05, 3.63) is 51.8 Å². The Labute approximate surface area is 162 Å². The molecule has 150 valence electrons. The summed E-state index contributed by atoms with van der Waals surface area (Å²) in [6.07, 6.45) is 3.75. The fourth-order valence-electron chi connectivity index (χ4n) is 2.70. The molecule has 0 aliphatic rings. The lowest BCUT2D eigenvalue weighted by atomic mass is 10.1. The number of rotatable bonds is 10. The number of amides is 2. The second-order valence-electron chi connectivity index (χ2n) is 6.47. The first-order valence-corrected chi connectivity index (χ1v) is 9.17. The molecule has 0 fully saturated rings. The first-order valence-electron chi connectivity index (χ1n) is 9.17. The highest BCUT2D eigenvalue weighted by Gasteiger charge is 2.21. The lowest BCUT2D eigenvalue weighted by Crippen LogP contribution is -2.38. The van der Waals surface area contributed by atoms with E-state index >= 15 is 0 Å². The molecule has 0 atom stereocenters. The van der Waals surface area contributed by atoms with E-state index in [9.17, 15) is 19.7 Å². The Morgan fingerprint density at radius 3 is 2.68 bits per heavy atom. The quantitative estimate of drug-likeness (QED) is 0.378. The molecule has 0 spiro atoms. The molecular formula is C19H24N4O5. The van der Waals surface area contributed by atoms with Crippen LogP contribution in [0.3, 0.4) is 0 Å². The van der Waals surface area contributed by atoms with Gasteiger partial charge in [0.1, 0.15) is 12.3 Å². The van der Waals surface area contributed by atoms with Crippen molar-refractivity contribution < 1.29 is 19.0 Å². The highest BCUT2D eigenvalue weighted by molar-refractivity contribution is 5.99. The first-order chi connectivity index (χ1) is 13.4. The van der Waals surface area contributed by atoms with Gasteiger partial charge in [0.25, 0.3) is 11.6 Å². The monoisotopic (exact) mass is 388 g/mol. The number of aromatic nitrogens is 1. The van der Waals surface area contributed by atoms with Crippen molar-refractivity contribution in [2.45, 2.75) is 39.5 Å². The number of anilines is 1. The van der Waals surface area contributed by atoms with Crippen molar-refractivity contribution in [3.63, 3.8) is 0 Å². The summed E-state index contributed by atoms with van der Waals surface area (Å²) in [4.78, 5) is 37.0. The van der Waals surface area contributed by atoms with E-state index in [1.54, 1.807) is 13.0 Å². The molecule has 2 rings (SSSR count). The molecule has 2 aromatic rings. The normalized spacial score (nSPS) is 10.5. The summed E-state index contributed by atoms with van der Waals surface area (Å²) in [5, 5.41) is 17.3. The standard InChI is InChI=1S/C19H24N4O5/c1-3-4-5-6-10-22(13-18(24)20-17-11-14(2)28-21-17)19(25)15-8-7-9-16(12-15)23(26)27/h7-9,11-12H,3-6,10,13H2,1-2H3,(H,20,21,24). The second-order valence-corrected chi connectivity index (χ2v) is 6.47. The van der Waals surface area contributed by atoms with Crippen LogP contribution in [0.1, 0.15) is 48.7 Å². The van der Waals surface area contributed by atoms with Crippen LogP contribution in [0.15, 0.2) is 34.9 Å². The molecule has 28 heavy (non-hydrogen) atoms. The minimum Gasteiger partial charge on any atom is -0.360 e. The lowest BCUT2D eigenvalue weighted by molar-refractivity contribution is -0.384. The van der Waals surface area contributed by atoms with Crippen molar-refractivity contribution >= 4 is 23.3 Å². The highest BCUT2D eigenvalue weighted by atomic mass is 16.6. The minimum absolute atomic E-state index is 0.167. The lowest BCUT2D eigenvalue weighted by Gasteiger charge is -2.22. The summed E-state index contributed by atoms with van der Waals surface area (Å²) < 4.78 is 4.91. The van der Waals surface area contributed by atoms with Crippen LogP contribution < -0.4 is 5.32 Å². The Balaban J connectivity index is 2.10. The Morgan fingerprint density at radius 2 is 2.04 bits per heavy atom. The molecule has 1 aromatic carbocycles. The predicted octanol–water partition coefficient (Wildman–Crippen LogP) is 3.55. The Morgan fingerprint density at radius 1 is 1.25 bits per heavy atom. The molecule has 1 aromatic heterocycles. The third kappa shape index (κ3) is 6.19. The van der Waals surface area contributed by atoms with Gasteiger partial charge in [-0.3, -0.25) is 19.7 Å². The number of aryl methyl sites for hydroxylation is 1. The summed E-state index contributed by atoms with van der Waals surface area (Å²) >= 11 is 0. The molecule has 1 heterocycles. The molecule has 2 amide bonds. The largest absolute Gasteiger partial charge is 0.360 e. The van der Waals surface area contributed by atoms with Crippen LogP contribution in [0, 0.1) is 17.0 Å². The van der Waals surface area contributed by atoms with Gasteiger partial charge in [0.2, 0.25) is 5.91 Å². The molecule has 0 radical (unpaired) electrons. The highest BCUT2D eigenvalue weighted by Crippen LogP contribution is 2.16. The Kier molecular flexibility index (Phi) is 7.67. The van der Waals surface area contributed by atoms with E-state index in [1.807, 2.05) is 0 Å². The van der Waals surface area contributed by atoms with Gasteiger partial charge in [0.15, 0.2) is 5.82 Å². The van der Waals surface area contributed by atoms with Crippen LogP contribution >= 0.6 is 0 Å². The number of non-ortho nitro benzene ring substituents is 1. The predicted molar refractivity (Wildman–Crippen MR) is 103 cm³/mol. The van der Waals surface area contributed by atoms with E-state index in [4.69, 9.17) is 4.52 Å². The molecule has 0 aliphatic heterocycles. The van der Waals surface area contributed by atoms with E-state index in [1.165, 1.54) is 29.2 Å². The van der Waals surface area contributed by atoms with Crippen LogP contribution in [0.2, 0.25) is 0 Å². The number of nitrogens with one attached hydrogen (secondary N) is 1. The topological polar surface area (TPSA) is 119 Å². The number of hydrogen-bond donors (Lipinski definition) is 1. The van der Waals surface area contributed by atoms with Crippen LogP contribution in [-0.2, 0) is 4.79 Å². The molecule has 0 saturated heterocycles. The summed E-state index contributed by atoms with van der Waals surface area (Å²) in [5.74, 6) is -0.00937. The number of unbranched alkanes of at least 4 members (excludes halogenated alkanes) is 3. The number of nitrogens with zero attached hydrogens (tertiary/aromatic N) is 3. The van der Waals surface area contributed by atoms with E-state index in [-0.39, 0.29) is 23.6 Å². The maximum Gasteiger partial charge on any atom is 0.270 e. The minimum atomic E-state index is -0.554. The van der Waals surface area contributed by atoms with Gasteiger partial charge in [-0.25, -0.2) is 0 Å². The summed E-state index contributed by atoms with van der Waals surface area (Å²) in [6.45, 7) is 3.99. The van der Waals surface area contributed by atoms with Crippen molar-refractivity contribution in [1.82, 2.24) is 10.1 Å². The zero-order valence-electron chi connectivity index (χ0n) is 16.0. The van der Waals surface area contributed by atoms with E-state index in [0.717, 1.165) is 25.7 Å². The third-order valence-corrected chi connectivity index (χ3v) is 4.10. The molecular weight excluding hydrogens is 364 g/mol. The van der Waals surface area contributed by atoms with Gasteiger partial charge >= 0.3 is 0 Å². The van der Waals surface area contributed by atoms with E-state index in [2.05, 4.69) is 17.4 Å². The smallest absolute Gasteiger partial charge is 0.270 e. The van der Waals surface area contributed by atoms with Crippen LogP contribution in [0.4, 0.5) is 11.5 Å². The molecule has 9 nitrogen and oxygen atoms in total. The maximum atomic E-state index is 12.9.